The number of hydrogen-bond donors (Lipinski definition) is 2. The van der Waals surface area contributed by atoms with Crippen molar-refractivity contribution < 1.29 is 24.5 Å². The van der Waals surface area contributed by atoms with Crippen molar-refractivity contribution in [2.24, 2.45) is 28.6 Å². The molecule has 0 aromatic carbocycles. The molecule has 0 aromatic heterocycles. The Balaban J connectivity index is 1.62. The van der Waals surface area contributed by atoms with Crippen molar-refractivity contribution in [2.45, 2.75) is 76.8 Å². The second-order valence-electron chi connectivity index (χ2n) is 9.26. The summed E-state index contributed by atoms with van der Waals surface area (Å²) in [4.78, 5) is 11.5. The predicted octanol–water partition coefficient (Wildman–Crippen LogP) is 3.29. The predicted molar refractivity (Wildman–Crippen MR) is 100 cm³/mol. The van der Waals surface area contributed by atoms with Gasteiger partial charge in [0.1, 0.15) is 6.10 Å². The lowest BCUT2D eigenvalue weighted by molar-refractivity contribution is -0.190. The van der Waals surface area contributed by atoms with Crippen molar-refractivity contribution >= 4 is 26.6 Å². The number of carbonyl (C=O) groups is 1. The van der Waals surface area contributed by atoms with Gasteiger partial charge in [-0.05, 0) is 55.8 Å². The van der Waals surface area contributed by atoms with E-state index in [4.69, 9.17) is 9.47 Å². The first-order valence-corrected chi connectivity index (χ1v) is 10.7. The van der Waals surface area contributed by atoms with Crippen LogP contribution >= 0.6 is 22.6 Å². The van der Waals surface area contributed by atoms with Crippen molar-refractivity contribution in [2.75, 3.05) is 6.61 Å². The van der Waals surface area contributed by atoms with Crippen molar-refractivity contribution in [1.29, 1.82) is 0 Å². The van der Waals surface area contributed by atoms with Crippen LogP contribution in [0.1, 0.15) is 52.4 Å². The highest BCUT2D eigenvalue weighted by Crippen LogP contribution is 2.63. The van der Waals surface area contributed by atoms with Gasteiger partial charge in [0.2, 0.25) is 0 Å². The van der Waals surface area contributed by atoms with Crippen LogP contribution < -0.4 is 0 Å². The highest BCUT2D eigenvalue weighted by Gasteiger charge is 2.64. The first-order chi connectivity index (χ1) is 11.8. The number of halogens is 1. The van der Waals surface area contributed by atoms with Gasteiger partial charge in [-0.15, -0.1) is 0 Å². The van der Waals surface area contributed by atoms with Crippen molar-refractivity contribution in [3.05, 3.63) is 0 Å². The van der Waals surface area contributed by atoms with Gasteiger partial charge in [0, 0.05) is 11.3 Å². The highest BCUT2D eigenvalue weighted by atomic mass is 127. The fourth-order valence-corrected chi connectivity index (χ4v) is 7.01. The molecule has 0 aromatic rings. The van der Waals surface area contributed by atoms with E-state index >= 15 is 0 Å². The first-order valence-electron chi connectivity index (χ1n) is 9.59. The van der Waals surface area contributed by atoms with Gasteiger partial charge in [-0.1, -0.05) is 13.8 Å². The molecule has 9 atom stereocenters. The maximum Gasteiger partial charge on any atom is 0.367 e. The average Bonchev–Trinajstić information content (AvgIpc) is 2.85. The van der Waals surface area contributed by atoms with Gasteiger partial charge in [0.05, 0.1) is 47.5 Å². The Labute approximate surface area is 163 Å². The number of aliphatic hydroxyl groups is 2. The third-order valence-corrected chi connectivity index (χ3v) is 8.43. The van der Waals surface area contributed by atoms with E-state index in [0.29, 0.717) is 18.4 Å². The van der Waals surface area contributed by atoms with Gasteiger partial charge in [0.15, 0.2) is 0 Å². The van der Waals surface area contributed by atoms with Gasteiger partial charge in [-0.2, -0.15) is 0 Å². The van der Waals surface area contributed by atoms with Crippen LogP contribution in [0.15, 0.2) is 0 Å². The molecule has 6 heteroatoms. The summed E-state index contributed by atoms with van der Waals surface area (Å²) >= 11 is 1.68. The van der Waals surface area contributed by atoms with Crippen LogP contribution in [0.3, 0.4) is 0 Å². The maximum atomic E-state index is 11.5. The Morgan fingerprint density at radius 3 is 2.60 bits per heavy atom. The molecule has 2 N–H and O–H groups in total. The zero-order valence-corrected chi connectivity index (χ0v) is 17.1. The topological polar surface area (TPSA) is 76.0 Å². The van der Waals surface area contributed by atoms with E-state index in [1.807, 2.05) is 0 Å². The van der Waals surface area contributed by atoms with Gasteiger partial charge in [-0.25, -0.2) is 4.79 Å². The molecular weight excluding hydrogens is 435 g/mol. The number of aliphatic hydroxyl groups excluding tert-OH is 2. The van der Waals surface area contributed by atoms with Crippen molar-refractivity contribution in [3.8, 4) is 0 Å². The van der Waals surface area contributed by atoms with Crippen LogP contribution in [0.2, 0.25) is 0 Å². The van der Waals surface area contributed by atoms with E-state index in [0.717, 1.165) is 38.5 Å². The molecule has 25 heavy (non-hydrogen) atoms. The minimum absolute atomic E-state index is 0.0494. The molecule has 0 spiro atoms. The third-order valence-electron chi connectivity index (χ3n) is 8.18. The number of carbonyl (C=O) groups excluding carboxylic acids is 1. The number of rotatable bonds is 1. The molecule has 1 heterocycles. The normalized spacial score (nSPS) is 55.0. The van der Waals surface area contributed by atoms with E-state index in [9.17, 15) is 15.0 Å². The van der Waals surface area contributed by atoms with Gasteiger partial charge in [-0.3, -0.25) is 0 Å². The molecule has 1 aliphatic heterocycles. The molecule has 0 amide bonds. The number of hydrogen-bond acceptors (Lipinski definition) is 5. The molecule has 0 radical (unpaired) electrons. The monoisotopic (exact) mass is 464 g/mol. The highest BCUT2D eigenvalue weighted by molar-refractivity contribution is 14.1. The van der Waals surface area contributed by atoms with E-state index in [-0.39, 0.29) is 39.0 Å². The summed E-state index contributed by atoms with van der Waals surface area (Å²) in [7, 11) is 0. The zero-order chi connectivity index (χ0) is 18.0. The van der Waals surface area contributed by atoms with Crippen molar-refractivity contribution in [1.82, 2.24) is 0 Å². The lowest BCUT2D eigenvalue weighted by Crippen LogP contribution is -2.61. The van der Waals surface area contributed by atoms with Crippen LogP contribution in [-0.2, 0) is 9.47 Å². The Morgan fingerprint density at radius 2 is 1.88 bits per heavy atom. The van der Waals surface area contributed by atoms with Crippen LogP contribution in [0, 0.1) is 28.6 Å². The smallest absolute Gasteiger partial charge is 0.367 e. The van der Waals surface area contributed by atoms with E-state index in [2.05, 4.69) is 13.8 Å². The molecule has 0 bridgehead atoms. The fraction of sp³-hybridized carbons (Fsp3) is 0.947. The summed E-state index contributed by atoms with van der Waals surface area (Å²) in [6.45, 7) is 4.97. The van der Waals surface area contributed by atoms with Crippen LogP contribution in [0.25, 0.3) is 0 Å². The zero-order valence-electron chi connectivity index (χ0n) is 15.0. The molecule has 5 nitrogen and oxygen atoms in total. The molecule has 4 fully saturated rings. The summed E-state index contributed by atoms with van der Waals surface area (Å²) in [5.74, 6) is 0.912. The van der Waals surface area contributed by atoms with Gasteiger partial charge < -0.3 is 19.7 Å². The van der Waals surface area contributed by atoms with Crippen LogP contribution in [0.5, 0.6) is 0 Å². The molecule has 1 saturated heterocycles. The Kier molecular flexibility index (Phi) is 4.66. The molecule has 4 aliphatic rings. The molecular formula is C19H29IO5. The van der Waals surface area contributed by atoms with Crippen LogP contribution in [0.4, 0.5) is 4.79 Å². The van der Waals surface area contributed by atoms with Crippen LogP contribution in [-0.4, -0.2) is 45.2 Å². The summed E-state index contributed by atoms with van der Waals surface area (Å²) in [6.07, 6.45) is 4.59. The molecule has 142 valence electrons. The second kappa shape index (κ2) is 6.31. The standard InChI is InChI=1S/C19H29IO5/c1-18-5-3-11(21)7-10(18)8-13(22)15-12(18)4-6-19(2)14(25-17(20)23)9-24-16(15)19/h10-16,21-22H,3-9H2,1-2H3/t10?,11-,12?,13-,14-,15?,16?,18-,19+/m0/s1. The molecule has 3 saturated carbocycles. The number of ether oxygens (including phenoxy) is 2. The van der Waals surface area contributed by atoms with E-state index in [1.54, 1.807) is 22.6 Å². The Morgan fingerprint density at radius 1 is 1.16 bits per heavy atom. The van der Waals surface area contributed by atoms with Crippen molar-refractivity contribution in [3.63, 3.8) is 0 Å². The molecule has 3 aliphatic carbocycles. The minimum atomic E-state index is -0.396. The largest absolute Gasteiger partial charge is 0.452 e. The average molecular weight is 464 g/mol. The maximum absolute atomic E-state index is 11.5. The Bertz CT molecular complexity index is 556. The lowest BCUT2D eigenvalue weighted by Gasteiger charge is -2.61. The van der Waals surface area contributed by atoms with E-state index < -0.39 is 6.10 Å². The first kappa shape index (κ1) is 18.4. The lowest BCUT2D eigenvalue weighted by atomic mass is 9.46. The summed E-state index contributed by atoms with van der Waals surface area (Å²) in [5, 5.41) is 21.1. The van der Waals surface area contributed by atoms with Gasteiger partial charge >= 0.3 is 3.98 Å². The summed E-state index contributed by atoms with van der Waals surface area (Å²) in [5.41, 5.74) is -0.0355. The second-order valence-corrected chi connectivity index (χ2v) is 10.1. The fourth-order valence-electron chi connectivity index (χ4n) is 6.70. The number of fused-ring (bicyclic) bond motifs is 5. The summed E-state index contributed by atoms with van der Waals surface area (Å²) in [6, 6.07) is 0. The van der Waals surface area contributed by atoms with Gasteiger partial charge in [0.25, 0.3) is 0 Å². The van der Waals surface area contributed by atoms with E-state index in [1.165, 1.54) is 0 Å². The minimum Gasteiger partial charge on any atom is -0.452 e. The third kappa shape index (κ3) is 2.77. The SMILES string of the molecule is C[C@]12CC[C@H](O)CC1C[C@H](O)C1C2CC[C@@]2(C)C1OC[C@@H]2OC(=O)I. The Hall–Kier alpha value is 0.0800. The quantitative estimate of drug-likeness (QED) is 0.460. The molecule has 4 rings (SSSR count). The molecule has 4 unspecified atom stereocenters. The summed E-state index contributed by atoms with van der Waals surface area (Å²) < 4.78 is 11.4.